The van der Waals surface area contributed by atoms with Crippen molar-refractivity contribution in [2.45, 2.75) is 40.3 Å². The van der Waals surface area contributed by atoms with Gasteiger partial charge < -0.3 is 24.5 Å². The SMILES string of the molecule is CN/C(C)=C\C(C)=C(/C=O)CNC(=O)c1cc2cc(-c3cccc(CN4CCOCC4)c3)cn2c(C(C)N2CCOCC2)c1C. The standard InChI is InChI=1S/C36H47N5O4/c1-25(17-26(2)37-5)32(24-42)21-38-36(43)34-20-33-19-31(30-8-6-7-29(18-30)22-39-9-13-44-14-10-39)23-41(33)35(27(34)3)28(4)40-11-15-45-16-12-40/h6-8,17-20,23-24,28,37H,9-16,21-22H2,1-5H3,(H,38,43)/b26-17-,32-25-. The Kier molecular flexibility index (Phi) is 10.9. The van der Waals surface area contributed by atoms with Crippen molar-refractivity contribution in [3.8, 4) is 11.1 Å². The van der Waals surface area contributed by atoms with Crippen LogP contribution in [-0.4, -0.2) is 92.6 Å². The summed E-state index contributed by atoms with van der Waals surface area (Å²) in [6.07, 6.45) is 4.94. The highest BCUT2D eigenvalue weighted by molar-refractivity contribution is 5.98. The number of pyridine rings is 1. The van der Waals surface area contributed by atoms with Gasteiger partial charge in [0.25, 0.3) is 5.91 Å². The minimum absolute atomic E-state index is 0.0689. The summed E-state index contributed by atoms with van der Waals surface area (Å²) in [6, 6.07) is 13.0. The average Bonchev–Trinajstić information content (AvgIpc) is 3.49. The van der Waals surface area contributed by atoms with Gasteiger partial charge in [0.2, 0.25) is 0 Å². The quantitative estimate of drug-likeness (QED) is 0.187. The summed E-state index contributed by atoms with van der Waals surface area (Å²) in [4.78, 5) is 30.5. The van der Waals surface area contributed by atoms with Crippen LogP contribution in [0.4, 0.5) is 0 Å². The van der Waals surface area contributed by atoms with E-state index < -0.39 is 0 Å². The van der Waals surface area contributed by atoms with Crippen LogP contribution in [0.3, 0.4) is 0 Å². The normalized spacial score (nSPS) is 18.0. The highest BCUT2D eigenvalue weighted by atomic mass is 16.5. The van der Waals surface area contributed by atoms with Crippen LogP contribution >= 0.6 is 0 Å². The number of carbonyl (C=O) groups is 2. The number of ether oxygens (including phenoxy) is 2. The number of aromatic nitrogens is 1. The molecule has 2 aliphatic heterocycles. The van der Waals surface area contributed by atoms with Crippen LogP contribution in [0.2, 0.25) is 0 Å². The second kappa shape index (κ2) is 15.0. The summed E-state index contributed by atoms with van der Waals surface area (Å²) >= 11 is 0. The van der Waals surface area contributed by atoms with E-state index in [0.717, 1.165) is 91.4 Å². The van der Waals surface area contributed by atoms with Crippen LogP contribution in [0, 0.1) is 6.92 Å². The minimum Gasteiger partial charge on any atom is -0.392 e. The Labute approximate surface area is 266 Å². The van der Waals surface area contributed by atoms with E-state index in [9.17, 15) is 9.59 Å². The van der Waals surface area contributed by atoms with Crippen molar-refractivity contribution in [2.75, 3.05) is 66.2 Å². The van der Waals surface area contributed by atoms with Crippen molar-refractivity contribution in [2.24, 2.45) is 0 Å². The summed E-state index contributed by atoms with van der Waals surface area (Å²) in [5, 5.41) is 6.10. The predicted molar refractivity (Wildman–Crippen MR) is 178 cm³/mol. The van der Waals surface area contributed by atoms with Crippen molar-refractivity contribution in [3.05, 3.63) is 87.9 Å². The Hall–Kier alpha value is -3.76. The van der Waals surface area contributed by atoms with Gasteiger partial charge in [0.05, 0.1) is 26.4 Å². The first-order valence-corrected chi connectivity index (χ1v) is 15.9. The van der Waals surface area contributed by atoms with Crippen LogP contribution in [-0.2, 0) is 20.8 Å². The molecule has 2 fully saturated rings. The van der Waals surface area contributed by atoms with Gasteiger partial charge in [-0.1, -0.05) is 18.2 Å². The molecule has 1 aromatic carbocycles. The van der Waals surface area contributed by atoms with Crippen molar-refractivity contribution >= 4 is 17.7 Å². The van der Waals surface area contributed by atoms with Crippen molar-refractivity contribution in [3.63, 3.8) is 0 Å². The molecule has 45 heavy (non-hydrogen) atoms. The molecule has 2 saturated heterocycles. The van der Waals surface area contributed by atoms with E-state index in [1.807, 2.05) is 40.0 Å². The summed E-state index contributed by atoms with van der Waals surface area (Å²) < 4.78 is 13.4. The fourth-order valence-electron chi connectivity index (χ4n) is 6.32. The zero-order valence-electron chi connectivity index (χ0n) is 27.3. The number of benzene rings is 1. The molecule has 0 aliphatic carbocycles. The third-order valence-electron chi connectivity index (χ3n) is 9.11. The Morgan fingerprint density at radius 1 is 1.00 bits per heavy atom. The first-order valence-electron chi connectivity index (χ1n) is 15.9. The van der Waals surface area contributed by atoms with Crippen molar-refractivity contribution < 1.29 is 19.1 Å². The van der Waals surface area contributed by atoms with E-state index in [0.29, 0.717) is 24.4 Å². The molecule has 4 heterocycles. The lowest BCUT2D eigenvalue weighted by molar-refractivity contribution is -0.105. The predicted octanol–water partition coefficient (Wildman–Crippen LogP) is 4.51. The molecule has 9 heteroatoms. The van der Waals surface area contributed by atoms with Crippen LogP contribution in [0.1, 0.15) is 54.0 Å². The second-order valence-corrected chi connectivity index (χ2v) is 12.1. The average molecular weight is 614 g/mol. The zero-order valence-corrected chi connectivity index (χ0v) is 27.3. The van der Waals surface area contributed by atoms with Crippen LogP contribution in [0.25, 0.3) is 16.6 Å². The van der Waals surface area contributed by atoms with Gasteiger partial charge in [-0.3, -0.25) is 19.4 Å². The first-order chi connectivity index (χ1) is 21.8. The van der Waals surface area contributed by atoms with Gasteiger partial charge in [0.1, 0.15) is 6.29 Å². The molecule has 2 N–H and O–H groups in total. The Morgan fingerprint density at radius 2 is 1.71 bits per heavy atom. The fraction of sp³-hybridized carbons (Fsp3) is 0.444. The first kappa shape index (κ1) is 32.6. The topological polar surface area (TPSA) is 87.5 Å². The molecule has 0 saturated carbocycles. The van der Waals surface area contributed by atoms with E-state index in [1.54, 1.807) is 0 Å². The monoisotopic (exact) mass is 613 g/mol. The number of hydrogen-bond donors (Lipinski definition) is 2. The lowest BCUT2D eigenvalue weighted by Gasteiger charge is -2.34. The molecular formula is C36H47N5O4. The summed E-state index contributed by atoms with van der Waals surface area (Å²) in [5.74, 6) is -0.192. The smallest absolute Gasteiger partial charge is 0.251 e. The minimum atomic E-state index is -0.192. The lowest BCUT2D eigenvalue weighted by Crippen LogP contribution is -2.39. The van der Waals surface area contributed by atoms with E-state index in [4.69, 9.17) is 9.47 Å². The molecule has 9 nitrogen and oxygen atoms in total. The number of amides is 1. The molecule has 3 aromatic rings. The molecule has 240 valence electrons. The maximum atomic E-state index is 13.8. The van der Waals surface area contributed by atoms with E-state index in [-0.39, 0.29) is 18.5 Å². The molecule has 0 radical (unpaired) electrons. The number of aldehydes is 1. The molecule has 0 spiro atoms. The summed E-state index contributed by atoms with van der Waals surface area (Å²) in [7, 11) is 1.84. The van der Waals surface area contributed by atoms with Gasteiger partial charge in [-0.2, -0.15) is 0 Å². The molecule has 0 bridgehead atoms. The number of allylic oxidation sites excluding steroid dienone is 3. The van der Waals surface area contributed by atoms with Gasteiger partial charge in [-0.05, 0) is 74.2 Å². The lowest BCUT2D eigenvalue weighted by atomic mass is 10.0. The Morgan fingerprint density at radius 3 is 2.40 bits per heavy atom. The summed E-state index contributed by atoms with van der Waals surface area (Å²) in [6.45, 7) is 15.6. The molecule has 2 aromatic heterocycles. The maximum absolute atomic E-state index is 13.8. The Bertz CT molecular complexity index is 1580. The van der Waals surface area contributed by atoms with Gasteiger partial charge >= 0.3 is 0 Å². The highest BCUT2D eigenvalue weighted by Gasteiger charge is 2.26. The van der Waals surface area contributed by atoms with E-state index in [1.165, 1.54) is 5.56 Å². The molecule has 1 amide bonds. The third kappa shape index (κ3) is 7.73. The zero-order chi connectivity index (χ0) is 31.9. The van der Waals surface area contributed by atoms with Crippen molar-refractivity contribution in [1.82, 2.24) is 24.8 Å². The van der Waals surface area contributed by atoms with Gasteiger partial charge in [-0.25, -0.2) is 0 Å². The van der Waals surface area contributed by atoms with Crippen LogP contribution in [0.15, 0.2) is 65.5 Å². The molecule has 1 atom stereocenters. The fourth-order valence-corrected chi connectivity index (χ4v) is 6.32. The molecular weight excluding hydrogens is 566 g/mol. The van der Waals surface area contributed by atoms with Crippen LogP contribution < -0.4 is 10.6 Å². The van der Waals surface area contributed by atoms with Gasteiger partial charge in [-0.15, -0.1) is 0 Å². The number of morpholine rings is 2. The van der Waals surface area contributed by atoms with E-state index in [2.05, 4.69) is 68.3 Å². The summed E-state index contributed by atoms with van der Waals surface area (Å²) in [5.41, 5.74) is 9.44. The highest BCUT2D eigenvalue weighted by Crippen LogP contribution is 2.32. The van der Waals surface area contributed by atoms with E-state index >= 15 is 0 Å². The number of hydrogen-bond acceptors (Lipinski definition) is 7. The number of rotatable bonds is 11. The van der Waals surface area contributed by atoms with Gasteiger partial charge in [0.15, 0.2) is 0 Å². The number of fused-ring (bicyclic) bond motifs is 1. The molecule has 2 aliphatic rings. The maximum Gasteiger partial charge on any atom is 0.251 e. The number of carbonyl (C=O) groups excluding carboxylic acids is 2. The molecule has 1 unspecified atom stereocenters. The van der Waals surface area contributed by atoms with Gasteiger partial charge in [0, 0.05) is 92.2 Å². The number of nitrogens with zero attached hydrogens (tertiary/aromatic N) is 3. The number of nitrogens with one attached hydrogen (secondary N) is 2. The van der Waals surface area contributed by atoms with Crippen molar-refractivity contribution in [1.29, 1.82) is 0 Å². The second-order valence-electron chi connectivity index (χ2n) is 12.1. The third-order valence-corrected chi connectivity index (χ3v) is 9.11. The largest absolute Gasteiger partial charge is 0.392 e. The molecule has 5 rings (SSSR count). The Balaban J connectivity index is 1.50. The van der Waals surface area contributed by atoms with Crippen LogP contribution in [0.5, 0.6) is 0 Å².